The average Bonchev–Trinajstić information content (AvgIpc) is 3.04. The summed E-state index contributed by atoms with van der Waals surface area (Å²) >= 11 is 0. The number of pyridine rings is 1. The number of alkyl halides is 3. The van der Waals surface area contributed by atoms with Crippen LogP contribution in [0.4, 0.5) is 13.2 Å². The van der Waals surface area contributed by atoms with Crippen molar-refractivity contribution in [3.63, 3.8) is 0 Å². The second-order valence-corrected chi connectivity index (χ2v) is 4.51. The van der Waals surface area contributed by atoms with Crippen LogP contribution >= 0.6 is 0 Å². The van der Waals surface area contributed by atoms with E-state index >= 15 is 0 Å². The summed E-state index contributed by atoms with van der Waals surface area (Å²) in [5.74, 6) is -0.586. The van der Waals surface area contributed by atoms with E-state index in [0.29, 0.717) is 5.76 Å². The number of halogens is 3. The summed E-state index contributed by atoms with van der Waals surface area (Å²) in [6.07, 6.45) is -1.96. The minimum atomic E-state index is -4.50. The summed E-state index contributed by atoms with van der Waals surface area (Å²) in [4.78, 5) is 15.7. The number of nitrogens with one attached hydrogen (secondary N) is 1. The van der Waals surface area contributed by atoms with E-state index in [-0.39, 0.29) is 11.4 Å². The van der Waals surface area contributed by atoms with E-state index < -0.39 is 31.3 Å². The predicted molar refractivity (Wildman–Crippen MR) is 71.8 cm³/mol. The quantitative estimate of drug-likeness (QED) is 0.847. The lowest BCUT2D eigenvalue weighted by Gasteiger charge is -2.14. The van der Waals surface area contributed by atoms with E-state index in [1.165, 1.54) is 12.3 Å². The number of hydrogen-bond donors (Lipinski definition) is 2. The highest BCUT2D eigenvalue weighted by molar-refractivity contribution is 5.94. The SMILES string of the molecule is O=C(NC(CO)c1ccco1)c1ccnc(OCC(F)(F)F)c1. The average molecular weight is 330 g/mol. The summed E-state index contributed by atoms with van der Waals surface area (Å²) in [5, 5.41) is 11.8. The topological polar surface area (TPSA) is 84.6 Å². The fraction of sp³-hybridized carbons (Fsp3) is 0.286. The van der Waals surface area contributed by atoms with Crippen LogP contribution < -0.4 is 10.1 Å². The molecule has 1 unspecified atom stereocenters. The summed E-state index contributed by atoms with van der Waals surface area (Å²) in [7, 11) is 0. The van der Waals surface area contributed by atoms with Gasteiger partial charge in [-0.15, -0.1) is 0 Å². The van der Waals surface area contributed by atoms with Gasteiger partial charge in [0, 0.05) is 17.8 Å². The number of rotatable bonds is 6. The fourth-order valence-corrected chi connectivity index (χ4v) is 1.72. The van der Waals surface area contributed by atoms with Crippen molar-refractivity contribution in [1.29, 1.82) is 0 Å². The normalized spacial score (nSPS) is 12.7. The zero-order chi connectivity index (χ0) is 16.9. The molecule has 0 aliphatic rings. The van der Waals surface area contributed by atoms with Gasteiger partial charge in [0.2, 0.25) is 5.88 Å². The van der Waals surface area contributed by atoms with Gasteiger partial charge >= 0.3 is 6.18 Å². The molecule has 2 aromatic heterocycles. The number of nitrogens with zero attached hydrogens (tertiary/aromatic N) is 1. The second-order valence-electron chi connectivity index (χ2n) is 4.51. The molecule has 6 nitrogen and oxygen atoms in total. The Morgan fingerprint density at radius 3 is 2.83 bits per heavy atom. The number of aliphatic hydroxyl groups excluding tert-OH is 1. The van der Waals surface area contributed by atoms with E-state index in [4.69, 9.17) is 4.42 Å². The second kappa shape index (κ2) is 7.14. The molecule has 1 amide bonds. The number of aliphatic hydroxyl groups is 1. The maximum absolute atomic E-state index is 12.1. The van der Waals surface area contributed by atoms with Crippen molar-refractivity contribution in [1.82, 2.24) is 10.3 Å². The number of hydrogen-bond acceptors (Lipinski definition) is 5. The van der Waals surface area contributed by atoms with Gasteiger partial charge in [0.15, 0.2) is 6.61 Å². The molecule has 0 spiro atoms. The van der Waals surface area contributed by atoms with Gasteiger partial charge in [0.1, 0.15) is 11.8 Å². The van der Waals surface area contributed by atoms with Crippen molar-refractivity contribution >= 4 is 5.91 Å². The lowest BCUT2D eigenvalue weighted by Crippen LogP contribution is -2.30. The lowest BCUT2D eigenvalue weighted by molar-refractivity contribution is -0.154. The van der Waals surface area contributed by atoms with Crippen molar-refractivity contribution in [2.75, 3.05) is 13.2 Å². The van der Waals surface area contributed by atoms with Gasteiger partial charge in [-0.3, -0.25) is 4.79 Å². The van der Waals surface area contributed by atoms with Gasteiger partial charge in [0.05, 0.1) is 12.9 Å². The van der Waals surface area contributed by atoms with Crippen LogP contribution in [-0.4, -0.2) is 35.4 Å². The molecule has 0 fully saturated rings. The van der Waals surface area contributed by atoms with Crippen molar-refractivity contribution in [2.24, 2.45) is 0 Å². The van der Waals surface area contributed by atoms with Gasteiger partial charge in [-0.25, -0.2) is 4.98 Å². The van der Waals surface area contributed by atoms with Gasteiger partial charge in [-0.2, -0.15) is 13.2 Å². The van der Waals surface area contributed by atoms with Gasteiger partial charge in [-0.1, -0.05) is 0 Å². The van der Waals surface area contributed by atoms with E-state index in [9.17, 15) is 23.1 Å². The minimum Gasteiger partial charge on any atom is -0.468 e. The Kier molecular flexibility index (Phi) is 5.22. The van der Waals surface area contributed by atoms with E-state index in [2.05, 4.69) is 15.0 Å². The number of aromatic nitrogens is 1. The van der Waals surface area contributed by atoms with Gasteiger partial charge in [0.25, 0.3) is 5.91 Å². The Labute approximate surface area is 128 Å². The first kappa shape index (κ1) is 16.8. The Bertz CT molecular complexity index is 644. The highest BCUT2D eigenvalue weighted by atomic mass is 19.4. The number of furan rings is 1. The molecule has 23 heavy (non-hydrogen) atoms. The molecule has 0 aliphatic carbocycles. The third-order valence-corrected chi connectivity index (χ3v) is 2.76. The van der Waals surface area contributed by atoms with Crippen molar-refractivity contribution in [2.45, 2.75) is 12.2 Å². The Balaban J connectivity index is 2.04. The van der Waals surface area contributed by atoms with Crippen LogP contribution in [0.1, 0.15) is 22.2 Å². The smallest absolute Gasteiger partial charge is 0.422 e. The summed E-state index contributed by atoms with van der Waals surface area (Å²) in [6.45, 7) is -1.90. The molecule has 0 aliphatic heterocycles. The fourth-order valence-electron chi connectivity index (χ4n) is 1.72. The highest BCUT2D eigenvalue weighted by Gasteiger charge is 2.28. The van der Waals surface area contributed by atoms with Gasteiger partial charge < -0.3 is 19.6 Å². The summed E-state index contributed by atoms with van der Waals surface area (Å²) in [5.41, 5.74) is 0.0437. The molecule has 1 atom stereocenters. The van der Waals surface area contributed by atoms with E-state index in [1.807, 2.05) is 0 Å². The zero-order valence-electron chi connectivity index (χ0n) is 11.7. The lowest BCUT2D eigenvalue weighted by atomic mass is 10.2. The summed E-state index contributed by atoms with van der Waals surface area (Å²) in [6, 6.07) is 4.79. The molecule has 0 saturated heterocycles. The maximum Gasteiger partial charge on any atom is 0.422 e. The Morgan fingerprint density at radius 1 is 1.43 bits per heavy atom. The van der Waals surface area contributed by atoms with E-state index in [0.717, 1.165) is 12.3 Å². The molecule has 0 saturated carbocycles. The van der Waals surface area contributed by atoms with Crippen molar-refractivity contribution in [3.8, 4) is 5.88 Å². The number of ether oxygens (including phenoxy) is 1. The Hall–Kier alpha value is -2.55. The molecule has 0 bridgehead atoms. The molecule has 0 aromatic carbocycles. The van der Waals surface area contributed by atoms with Crippen LogP contribution in [0.2, 0.25) is 0 Å². The molecule has 124 valence electrons. The highest BCUT2D eigenvalue weighted by Crippen LogP contribution is 2.18. The first-order valence-electron chi connectivity index (χ1n) is 6.50. The Morgan fingerprint density at radius 2 is 2.22 bits per heavy atom. The molecular formula is C14H13F3N2O4. The van der Waals surface area contributed by atoms with Crippen LogP contribution in [-0.2, 0) is 0 Å². The van der Waals surface area contributed by atoms with E-state index in [1.54, 1.807) is 12.1 Å². The molecule has 2 heterocycles. The van der Waals surface area contributed by atoms with Crippen LogP contribution in [0.15, 0.2) is 41.1 Å². The minimum absolute atomic E-state index is 0.0437. The zero-order valence-corrected chi connectivity index (χ0v) is 11.7. The third-order valence-electron chi connectivity index (χ3n) is 2.76. The summed E-state index contributed by atoms with van der Waals surface area (Å²) < 4.78 is 45.9. The first-order valence-corrected chi connectivity index (χ1v) is 6.50. The molecule has 9 heteroatoms. The van der Waals surface area contributed by atoms with Crippen LogP contribution in [0.5, 0.6) is 5.88 Å². The number of amides is 1. The molecule has 2 N–H and O–H groups in total. The molecule has 0 radical (unpaired) electrons. The van der Waals surface area contributed by atoms with Crippen LogP contribution in [0.3, 0.4) is 0 Å². The predicted octanol–water partition coefficient (Wildman–Crippen LogP) is 2.08. The molecular weight excluding hydrogens is 317 g/mol. The number of carbonyl (C=O) groups excluding carboxylic acids is 1. The van der Waals surface area contributed by atoms with Crippen LogP contribution in [0, 0.1) is 0 Å². The standard InChI is InChI=1S/C14H13F3N2O4/c15-14(16,17)8-23-12-6-9(3-4-18-12)13(21)19-10(7-20)11-2-1-5-22-11/h1-6,10,20H,7-8H2,(H,19,21). The van der Waals surface area contributed by atoms with Crippen LogP contribution in [0.25, 0.3) is 0 Å². The molecule has 2 rings (SSSR count). The largest absolute Gasteiger partial charge is 0.468 e. The molecule has 2 aromatic rings. The monoisotopic (exact) mass is 330 g/mol. The maximum atomic E-state index is 12.1. The van der Waals surface area contributed by atoms with Crippen molar-refractivity contribution in [3.05, 3.63) is 48.0 Å². The third kappa shape index (κ3) is 4.99. The van der Waals surface area contributed by atoms with Crippen molar-refractivity contribution < 1.29 is 32.2 Å². The number of carbonyl (C=O) groups is 1. The van der Waals surface area contributed by atoms with Gasteiger partial charge in [-0.05, 0) is 18.2 Å². The first-order chi connectivity index (χ1) is 10.9.